The van der Waals surface area contributed by atoms with E-state index in [1.807, 2.05) is 44.4 Å². The quantitative estimate of drug-likeness (QED) is 0.605. The van der Waals surface area contributed by atoms with Crippen LogP contribution in [0.4, 0.5) is 4.39 Å². The number of fused-ring (bicyclic) bond motifs is 1. The second kappa shape index (κ2) is 8.58. The van der Waals surface area contributed by atoms with Crippen molar-refractivity contribution in [3.8, 4) is 0 Å². The van der Waals surface area contributed by atoms with Crippen molar-refractivity contribution in [1.29, 1.82) is 0 Å². The Morgan fingerprint density at radius 1 is 1.00 bits per heavy atom. The van der Waals surface area contributed by atoms with E-state index in [1.54, 1.807) is 18.3 Å². The third-order valence-electron chi connectivity index (χ3n) is 4.36. The normalized spacial score (nSPS) is 11.6. The van der Waals surface area contributed by atoms with Crippen LogP contribution in [0.2, 0.25) is 5.02 Å². The molecule has 136 valence electrons. The maximum Gasteiger partial charge on any atom is 0.123 e. The molecule has 5 heteroatoms. The van der Waals surface area contributed by atoms with Crippen LogP contribution in [0.5, 0.6) is 0 Å². The predicted octanol–water partition coefficient (Wildman–Crippen LogP) is 4.59. The van der Waals surface area contributed by atoms with Crippen LogP contribution in [0.15, 0.2) is 54.7 Å². The standard InChI is InChI=1S/C21H23ClFN3/c1-25(2)11-12-26(14-16-5-3-7-18(23)13-16)15-19-20(22)9-8-17-6-4-10-24-21(17)19/h3-10,13H,11-12,14-15H2,1-2H3. The molecule has 0 amide bonds. The molecule has 0 radical (unpaired) electrons. The van der Waals surface area contributed by atoms with Crippen LogP contribution in [-0.4, -0.2) is 42.0 Å². The van der Waals surface area contributed by atoms with Gasteiger partial charge in [0.1, 0.15) is 5.82 Å². The molecular weight excluding hydrogens is 349 g/mol. The molecule has 3 aromatic rings. The fourth-order valence-corrected chi connectivity index (χ4v) is 3.22. The summed E-state index contributed by atoms with van der Waals surface area (Å²) < 4.78 is 13.6. The van der Waals surface area contributed by atoms with Crippen LogP contribution >= 0.6 is 11.6 Å². The van der Waals surface area contributed by atoms with Crippen molar-refractivity contribution in [3.05, 3.63) is 76.7 Å². The van der Waals surface area contributed by atoms with Gasteiger partial charge in [-0.15, -0.1) is 0 Å². The maximum absolute atomic E-state index is 13.6. The molecular formula is C21H23ClFN3. The lowest BCUT2D eigenvalue weighted by Gasteiger charge is -2.25. The first-order chi connectivity index (χ1) is 12.5. The molecule has 26 heavy (non-hydrogen) atoms. The summed E-state index contributed by atoms with van der Waals surface area (Å²) in [6.07, 6.45) is 1.79. The minimum Gasteiger partial charge on any atom is -0.308 e. The van der Waals surface area contributed by atoms with Gasteiger partial charge in [0.2, 0.25) is 0 Å². The highest BCUT2D eigenvalue weighted by molar-refractivity contribution is 6.32. The molecule has 0 bridgehead atoms. The fraction of sp³-hybridized carbons (Fsp3) is 0.286. The Labute approximate surface area is 159 Å². The SMILES string of the molecule is CN(C)CCN(Cc1cccc(F)c1)Cc1c(Cl)ccc2cccnc12. The molecule has 0 saturated heterocycles. The topological polar surface area (TPSA) is 19.4 Å². The van der Waals surface area contributed by atoms with E-state index in [2.05, 4.69) is 14.8 Å². The van der Waals surface area contributed by atoms with E-state index in [0.717, 1.165) is 35.1 Å². The van der Waals surface area contributed by atoms with Gasteiger partial charge in [-0.25, -0.2) is 4.39 Å². The number of halogens is 2. The fourth-order valence-electron chi connectivity index (χ4n) is 3.00. The van der Waals surface area contributed by atoms with Crippen LogP contribution < -0.4 is 0 Å². The molecule has 0 aliphatic heterocycles. The van der Waals surface area contributed by atoms with Gasteiger partial charge in [0.15, 0.2) is 0 Å². The van der Waals surface area contributed by atoms with Crippen molar-refractivity contribution in [2.75, 3.05) is 27.2 Å². The first kappa shape index (κ1) is 18.8. The molecule has 0 unspecified atom stereocenters. The van der Waals surface area contributed by atoms with Gasteiger partial charge in [0.25, 0.3) is 0 Å². The van der Waals surface area contributed by atoms with Crippen molar-refractivity contribution in [2.45, 2.75) is 13.1 Å². The molecule has 2 aromatic carbocycles. The molecule has 1 heterocycles. The Bertz CT molecular complexity index is 882. The minimum absolute atomic E-state index is 0.208. The van der Waals surface area contributed by atoms with Crippen molar-refractivity contribution in [3.63, 3.8) is 0 Å². The molecule has 0 N–H and O–H groups in total. The third-order valence-corrected chi connectivity index (χ3v) is 4.72. The maximum atomic E-state index is 13.6. The summed E-state index contributed by atoms with van der Waals surface area (Å²) in [5.74, 6) is -0.208. The predicted molar refractivity (Wildman–Crippen MR) is 106 cm³/mol. The summed E-state index contributed by atoms with van der Waals surface area (Å²) in [6.45, 7) is 3.08. The number of aromatic nitrogens is 1. The van der Waals surface area contributed by atoms with Crippen LogP contribution in [0.25, 0.3) is 10.9 Å². The van der Waals surface area contributed by atoms with Crippen LogP contribution in [0.3, 0.4) is 0 Å². The Hall–Kier alpha value is -2.01. The lowest BCUT2D eigenvalue weighted by atomic mass is 10.1. The lowest BCUT2D eigenvalue weighted by molar-refractivity contribution is 0.226. The van der Waals surface area contributed by atoms with Crippen LogP contribution in [0, 0.1) is 5.82 Å². The Morgan fingerprint density at radius 2 is 1.85 bits per heavy atom. The number of pyridine rings is 1. The highest BCUT2D eigenvalue weighted by Crippen LogP contribution is 2.26. The summed E-state index contributed by atoms with van der Waals surface area (Å²) in [7, 11) is 4.10. The number of hydrogen-bond acceptors (Lipinski definition) is 3. The van der Waals surface area contributed by atoms with Gasteiger partial charge >= 0.3 is 0 Å². The smallest absolute Gasteiger partial charge is 0.123 e. The van der Waals surface area contributed by atoms with Crippen molar-refractivity contribution in [2.24, 2.45) is 0 Å². The zero-order valence-corrected chi connectivity index (χ0v) is 15.9. The highest BCUT2D eigenvalue weighted by Gasteiger charge is 2.14. The molecule has 0 fully saturated rings. The van der Waals surface area contributed by atoms with E-state index >= 15 is 0 Å². The first-order valence-corrected chi connectivity index (χ1v) is 9.04. The van der Waals surface area contributed by atoms with E-state index < -0.39 is 0 Å². The zero-order chi connectivity index (χ0) is 18.5. The van der Waals surface area contributed by atoms with E-state index in [-0.39, 0.29) is 5.82 Å². The van der Waals surface area contributed by atoms with Crippen molar-refractivity contribution < 1.29 is 4.39 Å². The lowest BCUT2D eigenvalue weighted by Crippen LogP contribution is -2.31. The molecule has 0 aliphatic carbocycles. The Balaban J connectivity index is 1.89. The van der Waals surface area contributed by atoms with Crippen LogP contribution in [-0.2, 0) is 13.1 Å². The number of benzene rings is 2. The Morgan fingerprint density at radius 3 is 2.62 bits per heavy atom. The summed E-state index contributed by atoms with van der Waals surface area (Å²) in [5, 5.41) is 1.79. The van der Waals surface area contributed by atoms with E-state index in [1.165, 1.54) is 6.07 Å². The van der Waals surface area contributed by atoms with Gasteiger partial charge in [0, 0.05) is 48.3 Å². The van der Waals surface area contributed by atoms with E-state index in [0.29, 0.717) is 18.1 Å². The van der Waals surface area contributed by atoms with Gasteiger partial charge in [-0.05, 0) is 43.9 Å². The summed E-state index contributed by atoms with van der Waals surface area (Å²) in [4.78, 5) is 8.95. The summed E-state index contributed by atoms with van der Waals surface area (Å²) in [6, 6.07) is 14.6. The van der Waals surface area contributed by atoms with Gasteiger partial charge in [-0.3, -0.25) is 9.88 Å². The van der Waals surface area contributed by atoms with Crippen LogP contribution in [0.1, 0.15) is 11.1 Å². The number of nitrogens with zero attached hydrogens (tertiary/aromatic N) is 3. The number of rotatable bonds is 7. The largest absolute Gasteiger partial charge is 0.308 e. The van der Waals surface area contributed by atoms with Crippen molar-refractivity contribution in [1.82, 2.24) is 14.8 Å². The first-order valence-electron chi connectivity index (χ1n) is 8.66. The average molecular weight is 372 g/mol. The second-order valence-corrected chi connectivity index (χ2v) is 7.15. The van der Waals surface area contributed by atoms with E-state index in [4.69, 9.17) is 11.6 Å². The summed E-state index contributed by atoms with van der Waals surface area (Å²) >= 11 is 6.50. The molecule has 0 saturated carbocycles. The number of hydrogen-bond donors (Lipinski definition) is 0. The monoisotopic (exact) mass is 371 g/mol. The molecule has 0 spiro atoms. The minimum atomic E-state index is -0.208. The second-order valence-electron chi connectivity index (χ2n) is 6.74. The van der Waals surface area contributed by atoms with Gasteiger partial charge in [0.05, 0.1) is 5.52 Å². The molecule has 3 rings (SSSR count). The molecule has 0 aliphatic rings. The van der Waals surface area contributed by atoms with Gasteiger partial charge in [-0.2, -0.15) is 0 Å². The zero-order valence-electron chi connectivity index (χ0n) is 15.1. The third kappa shape index (κ3) is 4.79. The highest BCUT2D eigenvalue weighted by atomic mass is 35.5. The average Bonchev–Trinajstić information content (AvgIpc) is 2.62. The number of likely N-dealkylation sites (N-methyl/N-ethyl adjacent to an activating group) is 1. The van der Waals surface area contributed by atoms with Crippen molar-refractivity contribution >= 4 is 22.5 Å². The molecule has 0 atom stereocenters. The molecule has 1 aromatic heterocycles. The van der Waals surface area contributed by atoms with E-state index in [9.17, 15) is 4.39 Å². The van der Waals surface area contributed by atoms with Gasteiger partial charge < -0.3 is 4.90 Å². The Kier molecular flexibility index (Phi) is 6.20. The molecule has 3 nitrogen and oxygen atoms in total. The summed E-state index contributed by atoms with van der Waals surface area (Å²) in [5.41, 5.74) is 2.89. The van der Waals surface area contributed by atoms with Gasteiger partial charge in [-0.1, -0.05) is 35.9 Å².